The van der Waals surface area contributed by atoms with Crippen molar-refractivity contribution in [2.75, 3.05) is 17.2 Å². The van der Waals surface area contributed by atoms with Gasteiger partial charge in [0.2, 0.25) is 0 Å². The van der Waals surface area contributed by atoms with Crippen molar-refractivity contribution in [1.29, 1.82) is 0 Å². The van der Waals surface area contributed by atoms with E-state index < -0.39 is 11.7 Å². The maximum absolute atomic E-state index is 13.0. The first-order valence-electron chi connectivity index (χ1n) is 7.20. The van der Waals surface area contributed by atoms with Gasteiger partial charge in [0.25, 0.3) is 0 Å². The number of nitrogens with zero attached hydrogens (tertiary/aromatic N) is 1. The zero-order chi connectivity index (χ0) is 14.3. The quantitative estimate of drug-likeness (QED) is 0.788. The fraction of sp³-hybridized carbons (Fsp3) is 0.600. The maximum Gasteiger partial charge on any atom is 0.418 e. The number of anilines is 2. The molecule has 0 aromatic heterocycles. The van der Waals surface area contributed by atoms with Gasteiger partial charge in [0.1, 0.15) is 0 Å². The first kappa shape index (κ1) is 13.6. The molecule has 2 unspecified atom stereocenters. The highest BCUT2D eigenvalue weighted by molar-refractivity contribution is 5.60. The van der Waals surface area contributed by atoms with Gasteiger partial charge in [-0.15, -0.1) is 0 Å². The lowest BCUT2D eigenvalue weighted by Gasteiger charge is -2.33. The van der Waals surface area contributed by atoms with Crippen molar-refractivity contribution in [2.45, 2.75) is 44.3 Å². The molecule has 1 heterocycles. The number of hydrogen-bond donors (Lipinski definition) is 1. The van der Waals surface area contributed by atoms with E-state index in [2.05, 4.69) is 4.90 Å². The number of halogens is 3. The van der Waals surface area contributed by atoms with Gasteiger partial charge in [0.05, 0.1) is 5.56 Å². The summed E-state index contributed by atoms with van der Waals surface area (Å²) in [4.78, 5) is 2.15. The van der Waals surface area contributed by atoms with Crippen molar-refractivity contribution in [1.82, 2.24) is 0 Å². The van der Waals surface area contributed by atoms with E-state index in [0.717, 1.165) is 19.4 Å². The summed E-state index contributed by atoms with van der Waals surface area (Å²) < 4.78 is 38.9. The van der Waals surface area contributed by atoms with Crippen LogP contribution in [-0.2, 0) is 6.18 Å². The number of benzene rings is 1. The fourth-order valence-electron chi connectivity index (χ4n) is 3.69. The normalized spacial score (nSPS) is 26.6. The molecule has 2 fully saturated rings. The Kier molecular flexibility index (Phi) is 3.30. The van der Waals surface area contributed by atoms with Crippen molar-refractivity contribution in [2.24, 2.45) is 5.92 Å². The first-order chi connectivity index (χ1) is 9.47. The molecule has 2 nitrogen and oxygen atoms in total. The lowest BCUT2D eigenvalue weighted by atomic mass is 9.85. The lowest BCUT2D eigenvalue weighted by molar-refractivity contribution is -0.136. The van der Waals surface area contributed by atoms with Crippen molar-refractivity contribution < 1.29 is 13.2 Å². The third-order valence-corrected chi connectivity index (χ3v) is 4.68. The van der Waals surface area contributed by atoms with Gasteiger partial charge >= 0.3 is 6.18 Å². The molecule has 2 atom stereocenters. The van der Waals surface area contributed by atoms with Crippen molar-refractivity contribution >= 4 is 11.4 Å². The highest BCUT2D eigenvalue weighted by Gasteiger charge is 2.38. The SMILES string of the molecule is Nc1ccc(N2CCC3CCCCC32)cc1C(F)(F)F. The van der Waals surface area contributed by atoms with Crippen molar-refractivity contribution in [3.63, 3.8) is 0 Å². The van der Waals surface area contributed by atoms with Gasteiger partial charge in [0, 0.05) is 24.0 Å². The van der Waals surface area contributed by atoms with Gasteiger partial charge in [-0.2, -0.15) is 13.2 Å². The van der Waals surface area contributed by atoms with Crippen LogP contribution in [-0.4, -0.2) is 12.6 Å². The van der Waals surface area contributed by atoms with Gasteiger partial charge in [-0.3, -0.25) is 0 Å². The van der Waals surface area contributed by atoms with Crippen LogP contribution in [0.4, 0.5) is 24.5 Å². The third kappa shape index (κ3) is 2.34. The molecule has 1 saturated carbocycles. The second-order valence-corrected chi connectivity index (χ2v) is 5.86. The van der Waals surface area contributed by atoms with Gasteiger partial charge in [-0.05, 0) is 43.4 Å². The minimum Gasteiger partial charge on any atom is -0.398 e. The Morgan fingerprint density at radius 1 is 1.10 bits per heavy atom. The summed E-state index contributed by atoms with van der Waals surface area (Å²) in [6.45, 7) is 0.858. The summed E-state index contributed by atoms with van der Waals surface area (Å²) in [6, 6.07) is 4.73. The highest BCUT2D eigenvalue weighted by Crippen LogP contribution is 2.41. The minimum absolute atomic E-state index is 0.194. The van der Waals surface area contributed by atoms with Crippen molar-refractivity contribution in [3.8, 4) is 0 Å². The molecule has 1 saturated heterocycles. The molecule has 0 bridgehead atoms. The molecule has 0 amide bonds. The smallest absolute Gasteiger partial charge is 0.398 e. The van der Waals surface area contributed by atoms with Crippen LogP contribution in [0.5, 0.6) is 0 Å². The van der Waals surface area contributed by atoms with Crippen LogP contribution in [0.15, 0.2) is 18.2 Å². The topological polar surface area (TPSA) is 29.3 Å². The van der Waals surface area contributed by atoms with E-state index in [4.69, 9.17) is 5.73 Å². The Balaban J connectivity index is 1.91. The Labute approximate surface area is 116 Å². The van der Waals surface area contributed by atoms with Crippen LogP contribution in [0.2, 0.25) is 0 Å². The molecule has 1 aliphatic carbocycles. The molecule has 1 aromatic carbocycles. The fourth-order valence-corrected chi connectivity index (χ4v) is 3.69. The number of rotatable bonds is 1. The Bertz CT molecular complexity index is 498. The molecule has 3 rings (SSSR count). The van der Waals surface area contributed by atoms with Crippen molar-refractivity contribution in [3.05, 3.63) is 23.8 Å². The standard InChI is InChI=1S/C15H19F3N2/c16-15(17,18)12-9-11(5-6-13(12)19)20-8-7-10-3-1-2-4-14(10)20/h5-6,9-10,14H,1-4,7-8,19H2. The Morgan fingerprint density at radius 3 is 2.60 bits per heavy atom. The lowest BCUT2D eigenvalue weighted by Crippen LogP contribution is -2.34. The van der Waals surface area contributed by atoms with Crippen LogP contribution in [0.25, 0.3) is 0 Å². The zero-order valence-electron chi connectivity index (χ0n) is 11.3. The van der Waals surface area contributed by atoms with E-state index in [1.54, 1.807) is 6.07 Å². The number of hydrogen-bond acceptors (Lipinski definition) is 2. The van der Waals surface area contributed by atoms with E-state index in [9.17, 15) is 13.2 Å². The second kappa shape index (κ2) is 4.86. The molecule has 5 heteroatoms. The first-order valence-corrected chi connectivity index (χ1v) is 7.20. The monoisotopic (exact) mass is 284 g/mol. The number of nitrogens with two attached hydrogens (primary N) is 1. The molecule has 110 valence electrons. The average molecular weight is 284 g/mol. The predicted octanol–water partition coefficient (Wildman–Crippen LogP) is 4.06. The highest BCUT2D eigenvalue weighted by atomic mass is 19.4. The zero-order valence-corrected chi connectivity index (χ0v) is 11.3. The third-order valence-electron chi connectivity index (χ3n) is 4.68. The number of nitrogen functional groups attached to an aromatic ring is 1. The molecule has 1 aliphatic heterocycles. The number of fused-ring (bicyclic) bond motifs is 1. The molecule has 2 aliphatic rings. The molecule has 0 spiro atoms. The van der Waals surface area contributed by atoms with Crippen LogP contribution in [0.1, 0.15) is 37.7 Å². The maximum atomic E-state index is 13.0. The largest absolute Gasteiger partial charge is 0.418 e. The van der Waals surface area contributed by atoms with Crippen LogP contribution in [0, 0.1) is 5.92 Å². The van der Waals surface area contributed by atoms with Crippen LogP contribution in [0.3, 0.4) is 0 Å². The van der Waals surface area contributed by atoms with Gasteiger partial charge in [-0.25, -0.2) is 0 Å². The summed E-state index contributed by atoms with van der Waals surface area (Å²) >= 11 is 0. The molecular formula is C15H19F3N2. The van der Waals surface area contributed by atoms with E-state index in [-0.39, 0.29) is 5.69 Å². The molecule has 0 radical (unpaired) electrons. The molecule has 1 aromatic rings. The van der Waals surface area contributed by atoms with Gasteiger partial charge < -0.3 is 10.6 Å². The van der Waals surface area contributed by atoms with E-state index in [1.165, 1.54) is 31.4 Å². The van der Waals surface area contributed by atoms with Crippen LogP contribution >= 0.6 is 0 Å². The summed E-state index contributed by atoms with van der Waals surface area (Å²) in [5.41, 5.74) is 5.23. The Hall–Kier alpha value is -1.39. The second-order valence-electron chi connectivity index (χ2n) is 5.86. The van der Waals surface area contributed by atoms with Gasteiger partial charge in [-0.1, -0.05) is 12.8 Å². The van der Waals surface area contributed by atoms with E-state index in [1.807, 2.05) is 0 Å². The summed E-state index contributed by atoms with van der Waals surface area (Å²) in [5.74, 6) is 0.649. The van der Waals surface area contributed by atoms with E-state index >= 15 is 0 Å². The number of alkyl halides is 3. The van der Waals surface area contributed by atoms with Crippen LogP contribution < -0.4 is 10.6 Å². The summed E-state index contributed by atoms with van der Waals surface area (Å²) in [5, 5.41) is 0. The Morgan fingerprint density at radius 2 is 1.85 bits per heavy atom. The molecule has 20 heavy (non-hydrogen) atoms. The minimum atomic E-state index is -4.38. The van der Waals surface area contributed by atoms with E-state index in [0.29, 0.717) is 17.6 Å². The molecular weight excluding hydrogens is 265 g/mol. The average Bonchev–Trinajstić information content (AvgIpc) is 2.82. The molecule has 2 N–H and O–H groups in total. The van der Waals surface area contributed by atoms with Gasteiger partial charge in [0.15, 0.2) is 0 Å². The summed E-state index contributed by atoms with van der Waals surface area (Å²) in [7, 11) is 0. The predicted molar refractivity (Wildman–Crippen MR) is 73.6 cm³/mol. The summed E-state index contributed by atoms with van der Waals surface area (Å²) in [6.07, 6.45) is 1.45.